The van der Waals surface area contributed by atoms with Crippen LogP contribution < -0.4 is 5.32 Å². The summed E-state index contributed by atoms with van der Waals surface area (Å²) in [6.45, 7) is 4.31. The standard InChI is InChI=1S/C15H22N6O.2C2HF3O2/c1-20-13(4-5-17-20)15-14-10-22-9-12(8-21(14)19-18-15)7-16-6-11-2-3-11;2*3-2(4,5)1(6)7/h4-5,11-12,16H,2-3,6-10H2,1H3;2*(H,6,7). The number of hydrogen-bond donors (Lipinski definition) is 3. The van der Waals surface area contributed by atoms with Crippen LogP contribution in [0.2, 0.25) is 0 Å². The zero-order chi connectivity index (χ0) is 27.1. The van der Waals surface area contributed by atoms with Gasteiger partial charge < -0.3 is 20.3 Å². The normalized spacial score (nSPS) is 17.6. The summed E-state index contributed by atoms with van der Waals surface area (Å²) in [4.78, 5) is 17.8. The molecule has 11 nitrogen and oxygen atoms in total. The van der Waals surface area contributed by atoms with Crippen molar-refractivity contribution in [2.45, 2.75) is 38.3 Å². The lowest BCUT2D eigenvalue weighted by molar-refractivity contribution is -0.193. The van der Waals surface area contributed by atoms with Gasteiger partial charge in [0.15, 0.2) is 0 Å². The molecule has 2 aliphatic rings. The van der Waals surface area contributed by atoms with Crippen LogP contribution in [-0.4, -0.2) is 79.0 Å². The Bertz CT molecular complexity index is 993. The number of carbonyl (C=O) groups is 2. The molecule has 1 aliphatic carbocycles. The van der Waals surface area contributed by atoms with Crippen molar-refractivity contribution >= 4 is 11.9 Å². The Morgan fingerprint density at radius 2 is 1.64 bits per heavy atom. The zero-order valence-electron chi connectivity index (χ0n) is 18.9. The van der Waals surface area contributed by atoms with Gasteiger partial charge in [0.2, 0.25) is 0 Å². The monoisotopic (exact) mass is 530 g/mol. The number of aromatic nitrogens is 5. The molecule has 0 amide bonds. The number of carboxylic acids is 2. The fourth-order valence-corrected chi connectivity index (χ4v) is 2.98. The van der Waals surface area contributed by atoms with E-state index in [1.165, 1.54) is 12.8 Å². The fraction of sp³-hybridized carbons (Fsp3) is 0.632. The van der Waals surface area contributed by atoms with E-state index >= 15 is 0 Å². The van der Waals surface area contributed by atoms with Gasteiger partial charge in [0.05, 0.1) is 24.6 Å². The Kier molecular flexibility index (Phi) is 9.80. The van der Waals surface area contributed by atoms with Crippen molar-refractivity contribution in [3.63, 3.8) is 0 Å². The smallest absolute Gasteiger partial charge is 0.475 e. The molecule has 2 aromatic heterocycles. The molecule has 4 rings (SSSR count). The first-order valence-electron chi connectivity index (χ1n) is 10.5. The van der Waals surface area contributed by atoms with Crippen LogP contribution in [0.25, 0.3) is 11.4 Å². The molecule has 0 spiro atoms. The Morgan fingerprint density at radius 1 is 1.08 bits per heavy atom. The molecule has 1 fully saturated rings. The van der Waals surface area contributed by atoms with Crippen molar-refractivity contribution in [3.05, 3.63) is 18.0 Å². The summed E-state index contributed by atoms with van der Waals surface area (Å²) in [7, 11) is 1.92. The summed E-state index contributed by atoms with van der Waals surface area (Å²) in [5, 5.41) is 30.7. The number of aryl methyl sites for hydroxylation is 1. The number of hydrogen-bond acceptors (Lipinski definition) is 7. The van der Waals surface area contributed by atoms with Gasteiger partial charge in [0, 0.05) is 32.3 Å². The molecule has 3 N–H and O–H groups in total. The Hall–Kier alpha value is -3.21. The third-order valence-corrected chi connectivity index (χ3v) is 4.97. The predicted octanol–water partition coefficient (Wildman–Crippen LogP) is 2.09. The van der Waals surface area contributed by atoms with Gasteiger partial charge in [-0.1, -0.05) is 5.21 Å². The number of fused-ring (bicyclic) bond motifs is 1. The first-order chi connectivity index (χ1) is 16.7. The summed E-state index contributed by atoms with van der Waals surface area (Å²) in [6.07, 6.45) is -5.62. The number of aliphatic carboxylic acids is 2. The van der Waals surface area contributed by atoms with Crippen LogP contribution in [0.5, 0.6) is 0 Å². The van der Waals surface area contributed by atoms with Crippen molar-refractivity contribution in [3.8, 4) is 11.4 Å². The summed E-state index contributed by atoms with van der Waals surface area (Å²) in [6, 6.07) is 1.96. The van der Waals surface area contributed by atoms with E-state index in [2.05, 4.69) is 20.7 Å². The van der Waals surface area contributed by atoms with Crippen LogP contribution in [0, 0.1) is 11.8 Å². The minimum Gasteiger partial charge on any atom is -0.475 e. The lowest BCUT2D eigenvalue weighted by Crippen LogP contribution is -2.29. The summed E-state index contributed by atoms with van der Waals surface area (Å²) in [5.74, 6) is -4.16. The molecule has 1 atom stereocenters. The maximum atomic E-state index is 10.6. The molecule has 36 heavy (non-hydrogen) atoms. The lowest BCUT2D eigenvalue weighted by Gasteiger charge is -2.14. The van der Waals surface area contributed by atoms with Crippen molar-refractivity contribution in [2.24, 2.45) is 18.9 Å². The molecule has 2 aromatic rings. The minimum atomic E-state index is -5.08. The highest BCUT2D eigenvalue weighted by atomic mass is 19.4. The molecule has 17 heteroatoms. The van der Waals surface area contributed by atoms with Gasteiger partial charge in [-0.05, 0) is 31.4 Å². The van der Waals surface area contributed by atoms with Crippen LogP contribution in [0.1, 0.15) is 18.5 Å². The van der Waals surface area contributed by atoms with E-state index < -0.39 is 24.3 Å². The highest BCUT2D eigenvalue weighted by molar-refractivity contribution is 5.73. The molecule has 0 saturated heterocycles. The van der Waals surface area contributed by atoms with Crippen molar-refractivity contribution < 1.29 is 50.9 Å². The van der Waals surface area contributed by atoms with E-state index in [-0.39, 0.29) is 0 Å². The molecule has 0 bridgehead atoms. The molecule has 202 valence electrons. The van der Waals surface area contributed by atoms with E-state index in [0.29, 0.717) is 12.5 Å². The van der Waals surface area contributed by atoms with Gasteiger partial charge in [-0.3, -0.25) is 4.68 Å². The summed E-state index contributed by atoms with van der Waals surface area (Å²) >= 11 is 0. The van der Waals surface area contributed by atoms with Gasteiger partial charge in [-0.2, -0.15) is 31.4 Å². The number of halogens is 6. The Morgan fingerprint density at radius 3 is 2.11 bits per heavy atom. The molecule has 3 heterocycles. The number of rotatable bonds is 5. The largest absolute Gasteiger partial charge is 0.490 e. The van der Waals surface area contributed by atoms with Crippen LogP contribution >= 0.6 is 0 Å². The average molecular weight is 530 g/mol. The Balaban J connectivity index is 0.000000271. The van der Waals surface area contributed by atoms with E-state index in [1.807, 2.05) is 22.5 Å². The van der Waals surface area contributed by atoms with Gasteiger partial charge in [-0.25, -0.2) is 14.3 Å². The number of alkyl halides is 6. The van der Waals surface area contributed by atoms with Gasteiger partial charge in [0.1, 0.15) is 5.69 Å². The van der Waals surface area contributed by atoms with Gasteiger partial charge in [0.25, 0.3) is 0 Å². The SMILES string of the molecule is Cn1nccc1-c1nnn2c1COCC(CNCC1CC1)C2.O=C(O)C(F)(F)F.O=C(O)C(F)(F)F. The predicted molar refractivity (Wildman–Crippen MR) is 108 cm³/mol. The third-order valence-electron chi connectivity index (χ3n) is 4.97. The molecular weight excluding hydrogens is 506 g/mol. The zero-order valence-corrected chi connectivity index (χ0v) is 18.9. The quantitative estimate of drug-likeness (QED) is 0.495. The van der Waals surface area contributed by atoms with Gasteiger partial charge in [-0.15, -0.1) is 5.10 Å². The highest BCUT2D eigenvalue weighted by Gasteiger charge is 2.38. The van der Waals surface area contributed by atoms with Crippen molar-refractivity contribution in [1.82, 2.24) is 30.1 Å². The maximum Gasteiger partial charge on any atom is 0.490 e. The van der Waals surface area contributed by atoms with Crippen molar-refractivity contribution in [2.75, 3.05) is 19.7 Å². The first kappa shape index (κ1) is 29.0. The molecule has 0 radical (unpaired) electrons. The van der Waals surface area contributed by atoms with E-state index in [0.717, 1.165) is 49.2 Å². The van der Waals surface area contributed by atoms with E-state index in [1.54, 1.807) is 6.20 Å². The minimum absolute atomic E-state index is 0.445. The van der Waals surface area contributed by atoms with Gasteiger partial charge >= 0.3 is 24.3 Å². The lowest BCUT2D eigenvalue weighted by atomic mass is 10.1. The molecule has 1 aliphatic heterocycles. The van der Waals surface area contributed by atoms with Crippen LogP contribution in [0.15, 0.2) is 12.3 Å². The average Bonchev–Trinajstić information content (AvgIpc) is 3.43. The Labute approximate surface area is 200 Å². The molecule has 0 aromatic carbocycles. The summed E-state index contributed by atoms with van der Waals surface area (Å²) in [5.41, 5.74) is 2.91. The maximum absolute atomic E-state index is 10.6. The first-order valence-corrected chi connectivity index (χ1v) is 10.5. The second-order valence-corrected chi connectivity index (χ2v) is 8.00. The number of ether oxygens (including phenoxy) is 1. The molecular formula is C19H24F6N6O5. The summed E-state index contributed by atoms with van der Waals surface area (Å²) < 4.78 is 73.2. The molecule has 1 saturated carbocycles. The topological polar surface area (TPSA) is 144 Å². The number of carboxylic acid groups (broad SMARTS) is 2. The number of nitrogens with zero attached hydrogens (tertiary/aromatic N) is 5. The highest BCUT2D eigenvalue weighted by Crippen LogP contribution is 2.28. The molecule has 1 unspecified atom stereocenters. The third kappa shape index (κ3) is 9.10. The number of nitrogens with one attached hydrogen (secondary N) is 1. The van der Waals surface area contributed by atoms with Crippen LogP contribution in [0.4, 0.5) is 26.3 Å². The fourth-order valence-electron chi connectivity index (χ4n) is 2.98. The second kappa shape index (κ2) is 12.2. The van der Waals surface area contributed by atoms with Crippen LogP contribution in [0.3, 0.4) is 0 Å². The van der Waals surface area contributed by atoms with Crippen LogP contribution in [-0.2, 0) is 34.5 Å². The van der Waals surface area contributed by atoms with Crippen molar-refractivity contribution in [1.29, 1.82) is 0 Å². The van der Waals surface area contributed by atoms with E-state index in [4.69, 9.17) is 24.5 Å². The second-order valence-electron chi connectivity index (χ2n) is 8.00. The van der Waals surface area contributed by atoms with E-state index in [9.17, 15) is 26.3 Å².